The lowest BCUT2D eigenvalue weighted by Crippen LogP contribution is -2.47. The van der Waals surface area contributed by atoms with Gasteiger partial charge in [-0.25, -0.2) is 8.42 Å². The zero-order chi connectivity index (χ0) is 17.8. The van der Waals surface area contributed by atoms with Crippen molar-refractivity contribution < 1.29 is 17.9 Å². The van der Waals surface area contributed by atoms with Crippen LogP contribution in [0.3, 0.4) is 0 Å². The molecule has 0 aliphatic heterocycles. The van der Waals surface area contributed by atoms with Crippen LogP contribution in [0.1, 0.15) is 26.3 Å². The van der Waals surface area contributed by atoms with Crippen LogP contribution in [0.2, 0.25) is 0 Å². The molecule has 0 saturated carbocycles. The molecule has 0 aliphatic rings. The maximum Gasteiger partial charge on any atom is 0.302 e. The molecule has 0 aromatic heterocycles. The zero-order valence-electron chi connectivity index (χ0n) is 13.7. The Balaban J connectivity index is 3.13. The van der Waals surface area contributed by atoms with E-state index in [0.29, 0.717) is 3.58 Å². The minimum absolute atomic E-state index is 0.0730. The Hall–Kier alpha value is -0.930. The molecule has 1 N–H and O–H groups in total. The smallest absolute Gasteiger partial charge is 0.302 e. The molecular weight excluding hydrogens is 429 g/mol. The van der Waals surface area contributed by atoms with Crippen LogP contribution in [0.15, 0.2) is 39.3 Å². The largest absolute Gasteiger partial charge is 0.460 e. The van der Waals surface area contributed by atoms with E-state index < -0.39 is 28.1 Å². The van der Waals surface area contributed by atoms with Gasteiger partial charge in [0.25, 0.3) is 0 Å². The Morgan fingerprint density at radius 1 is 1.26 bits per heavy atom. The topological polar surface area (TPSA) is 72.5 Å². The van der Waals surface area contributed by atoms with Gasteiger partial charge in [0.1, 0.15) is 6.10 Å². The number of ether oxygens (including phenoxy) is 1. The first-order valence-corrected chi connectivity index (χ1v) is 9.71. The van der Waals surface area contributed by atoms with Crippen molar-refractivity contribution in [1.82, 2.24) is 4.72 Å². The van der Waals surface area contributed by atoms with Crippen LogP contribution in [0, 0.1) is 12.8 Å². The molecule has 0 heterocycles. The highest BCUT2D eigenvalue weighted by molar-refractivity contribution is 14.1. The number of carbonyl (C=O) groups excluding carboxylic acids is 1. The van der Waals surface area contributed by atoms with E-state index in [1.807, 2.05) is 43.4 Å². The van der Waals surface area contributed by atoms with Crippen LogP contribution in [0.25, 0.3) is 0 Å². The fraction of sp³-hybridized carbons (Fsp3) is 0.438. The Morgan fingerprint density at radius 2 is 1.78 bits per heavy atom. The average Bonchev–Trinajstić information content (AvgIpc) is 2.42. The van der Waals surface area contributed by atoms with Crippen LogP contribution in [-0.4, -0.2) is 26.5 Å². The maximum absolute atomic E-state index is 12.6. The predicted octanol–water partition coefficient (Wildman–Crippen LogP) is 3.18. The summed E-state index contributed by atoms with van der Waals surface area (Å²) in [7, 11) is -3.74. The molecule has 0 aliphatic carbocycles. The average molecular weight is 451 g/mol. The summed E-state index contributed by atoms with van der Waals surface area (Å²) >= 11 is 1.95. The molecule has 7 heteroatoms. The van der Waals surface area contributed by atoms with Gasteiger partial charge in [-0.2, -0.15) is 4.72 Å². The summed E-state index contributed by atoms with van der Waals surface area (Å²) in [6.45, 7) is 10.7. The Labute approximate surface area is 151 Å². The van der Waals surface area contributed by atoms with Gasteiger partial charge in [0, 0.05) is 10.5 Å². The molecular formula is C16H22INO4S. The fourth-order valence-electron chi connectivity index (χ4n) is 2.04. The van der Waals surface area contributed by atoms with Crippen molar-refractivity contribution in [2.75, 3.05) is 0 Å². The number of sulfonamides is 1. The standard InChI is InChI=1S/C16H22INO4S/c1-10(2)16(22-13(5)19)15(12(4)17)18-23(20,21)14-8-6-11(3)7-9-14/h6-10,15-16,18H,4H2,1-3,5H3/t15-,16+/m1/s1. The van der Waals surface area contributed by atoms with Crippen molar-refractivity contribution in [2.45, 2.75) is 44.7 Å². The van der Waals surface area contributed by atoms with E-state index in [1.165, 1.54) is 6.92 Å². The molecule has 1 aromatic rings. The van der Waals surface area contributed by atoms with E-state index >= 15 is 0 Å². The van der Waals surface area contributed by atoms with Crippen molar-refractivity contribution in [3.8, 4) is 0 Å². The lowest BCUT2D eigenvalue weighted by molar-refractivity contribution is -0.149. The van der Waals surface area contributed by atoms with Gasteiger partial charge in [0.15, 0.2) is 0 Å². The Kier molecular flexibility index (Phi) is 7.22. The summed E-state index contributed by atoms with van der Waals surface area (Å²) in [5.41, 5.74) is 0.971. The number of benzene rings is 1. The van der Waals surface area contributed by atoms with E-state index in [0.717, 1.165) is 5.56 Å². The quantitative estimate of drug-likeness (QED) is 0.511. The molecule has 0 amide bonds. The van der Waals surface area contributed by atoms with Gasteiger partial charge in [-0.1, -0.05) is 38.1 Å². The minimum atomic E-state index is -3.74. The summed E-state index contributed by atoms with van der Waals surface area (Å²) in [5.74, 6) is -0.531. The predicted molar refractivity (Wildman–Crippen MR) is 98.8 cm³/mol. The van der Waals surface area contributed by atoms with Gasteiger partial charge in [0.2, 0.25) is 10.0 Å². The molecule has 23 heavy (non-hydrogen) atoms. The van der Waals surface area contributed by atoms with Gasteiger partial charge in [-0.3, -0.25) is 4.79 Å². The van der Waals surface area contributed by atoms with Crippen LogP contribution in [0.5, 0.6) is 0 Å². The Morgan fingerprint density at radius 3 is 2.17 bits per heavy atom. The lowest BCUT2D eigenvalue weighted by Gasteiger charge is -2.29. The van der Waals surface area contributed by atoms with Crippen molar-refractivity contribution in [2.24, 2.45) is 5.92 Å². The second kappa shape index (κ2) is 8.25. The summed E-state index contributed by atoms with van der Waals surface area (Å²) < 4.78 is 33.6. The molecule has 0 spiro atoms. The first kappa shape index (κ1) is 20.1. The number of carbonyl (C=O) groups is 1. The zero-order valence-corrected chi connectivity index (χ0v) is 16.6. The van der Waals surface area contributed by atoms with E-state index in [1.54, 1.807) is 24.3 Å². The number of rotatable bonds is 7. The van der Waals surface area contributed by atoms with Crippen molar-refractivity contribution in [3.05, 3.63) is 40.0 Å². The van der Waals surface area contributed by atoms with E-state index in [-0.39, 0.29) is 10.8 Å². The monoisotopic (exact) mass is 451 g/mol. The third-order valence-electron chi connectivity index (χ3n) is 3.24. The highest BCUT2D eigenvalue weighted by Crippen LogP contribution is 2.23. The normalized spacial score (nSPS) is 14.3. The van der Waals surface area contributed by atoms with Crippen LogP contribution in [0.4, 0.5) is 0 Å². The van der Waals surface area contributed by atoms with Gasteiger partial charge < -0.3 is 4.74 Å². The van der Waals surface area contributed by atoms with Crippen LogP contribution in [-0.2, 0) is 19.6 Å². The molecule has 5 nitrogen and oxygen atoms in total. The molecule has 0 bridgehead atoms. The minimum Gasteiger partial charge on any atom is -0.460 e. The van der Waals surface area contributed by atoms with E-state index in [9.17, 15) is 13.2 Å². The second-order valence-electron chi connectivity index (χ2n) is 5.68. The molecule has 0 unspecified atom stereocenters. The number of halogens is 1. The summed E-state index contributed by atoms with van der Waals surface area (Å²) in [5, 5.41) is 0. The molecule has 1 aromatic carbocycles. The maximum atomic E-state index is 12.6. The molecule has 0 saturated heterocycles. The van der Waals surface area contributed by atoms with E-state index in [4.69, 9.17) is 4.74 Å². The Bertz CT molecular complexity index is 668. The third-order valence-corrected chi connectivity index (χ3v) is 5.37. The summed E-state index contributed by atoms with van der Waals surface area (Å²) in [6.07, 6.45) is -0.628. The molecule has 2 atom stereocenters. The highest BCUT2D eigenvalue weighted by atomic mass is 127. The number of hydrogen-bond acceptors (Lipinski definition) is 4. The molecule has 0 fully saturated rings. The number of nitrogens with one attached hydrogen (secondary N) is 1. The van der Waals surface area contributed by atoms with Crippen molar-refractivity contribution in [1.29, 1.82) is 0 Å². The number of hydrogen-bond donors (Lipinski definition) is 1. The fourth-order valence-corrected chi connectivity index (χ4v) is 4.01. The summed E-state index contributed by atoms with van der Waals surface area (Å²) in [4.78, 5) is 11.5. The van der Waals surface area contributed by atoms with Crippen molar-refractivity contribution >= 4 is 38.6 Å². The van der Waals surface area contributed by atoms with Gasteiger partial charge in [-0.05, 0) is 47.6 Å². The second-order valence-corrected chi connectivity index (χ2v) is 8.78. The molecule has 0 radical (unpaired) electrons. The molecule has 128 valence electrons. The lowest BCUT2D eigenvalue weighted by atomic mass is 10.0. The van der Waals surface area contributed by atoms with Gasteiger partial charge >= 0.3 is 5.97 Å². The van der Waals surface area contributed by atoms with Gasteiger partial charge in [0.05, 0.1) is 10.9 Å². The van der Waals surface area contributed by atoms with Crippen LogP contribution >= 0.6 is 22.6 Å². The van der Waals surface area contributed by atoms with E-state index in [2.05, 4.69) is 11.3 Å². The number of esters is 1. The van der Waals surface area contributed by atoms with Crippen molar-refractivity contribution in [3.63, 3.8) is 0 Å². The third kappa shape index (κ3) is 5.89. The first-order chi connectivity index (χ1) is 10.5. The van der Waals surface area contributed by atoms with Crippen LogP contribution < -0.4 is 4.72 Å². The van der Waals surface area contributed by atoms with Gasteiger partial charge in [-0.15, -0.1) is 0 Å². The SMILES string of the molecule is C=C(I)[C@@H](NS(=O)(=O)c1ccc(C)cc1)[C@@H](OC(C)=O)C(C)C. The highest BCUT2D eigenvalue weighted by Gasteiger charge is 2.32. The number of aryl methyl sites for hydroxylation is 1. The first-order valence-electron chi connectivity index (χ1n) is 7.15. The molecule has 1 rings (SSSR count). The summed E-state index contributed by atoms with van der Waals surface area (Å²) in [6, 6.07) is 5.84.